The highest BCUT2D eigenvalue weighted by molar-refractivity contribution is 5.77. The molecule has 0 bridgehead atoms. The van der Waals surface area contributed by atoms with Gasteiger partial charge in [-0.05, 0) is 25.3 Å². The van der Waals surface area contributed by atoms with Gasteiger partial charge in [0.15, 0.2) is 0 Å². The molecule has 1 fully saturated rings. The summed E-state index contributed by atoms with van der Waals surface area (Å²) in [4.78, 5) is 14.3. The lowest BCUT2D eigenvalue weighted by atomic mass is 9.95. The van der Waals surface area contributed by atoms with Crippen LogP contribution in [-0.2, 0) is 4.79 Å². The Labute approximate surface area is 120 Å². The van der Waals surface area contributed by atoms with Crippen molar-refractivity contribution in [1.29, 1.82) is 0 Å². The van der Waals surface area contributed by atoms with Gasteiger partial charge in [-0.3, -0.25) is 4.79 Å². The molecule has 2 N–H and O–H groups in total. The molecule has 110 valence electrons. The van der Waals surface area contributed by atoms with E-state index in [4.69, 9.17) is 10.5 Å². The summed E-state index contributed by atoms with van der Waals surface area (Å²) in [7, 11) is 1.66. The Morgan fingerprint density at radius 2 is 2.15 bits per heavy atom. The third-order valence-electron chi connectivity index (χ3n) is 3.91. The van der Waals surface area contributed by atoms with Crippen LogP contribution in [0.15, 0.2) is 24.3 Å². The maximum atomic E-state index is 12.4. The van der Waals surface area contributed by atoms with Gasteiger partial charge in [0.2, 0.25) is 5.91 Å². The van der Waals surface area contributed by atoms with E-state index < -0.39 is 0 Å². The average molecular weight is 276 g/mol. The molecule has 1 amide bonds. The van der Waals surface area contributed by atoms with Gasteiger partial charge in [0, 0.05) is 24.6 Å². The summed E-state index contributed by atoms with van der Waals surface area (Å²) in [6.45, 7) is 2.83. The summed E-state index contributed by atoms with van der Waals surface area (Å²) in [5.74, 6) is 1.01. The fourth-order valence-electron chi connectivity index (χ4n) is 2.99. The van der Waals surface area contributed by atoms with Crippen LogP contribution in [0, 0.1) is 0 Å². The molecular weight excluding hydrogens is 252 g/mol. The minimum absolute atomic E-state index is 0.0377. The van der Waals surface area contributed by atoms with E-state index in [-0.39, 0.29) is 18.0 Å². The number of nitrogens with zero attached hydrogens (tertiary/aromatic N) is 1. The van der Waals surface area contributed by atoms with E-state index in [1.165, 1.54) is 0 Å². The summed E-state index contributed by atoms with van der Waals surface area (Å²) in [5.41, 5.74) is 7.39. The van der Waals surface area contributed by atoms with Crippen molar-refractivity contribution in [3.8, 4) is 5.75 Å². The monoisotopic (exact) mass is 276 g/mol. The number of carbonyl (C=O) groups is 1. The van der Waals surface area contributed by atoms with Gasteiger partial charge in [0.25, 0.3) is 0 Å². The largest absolute Gasteiger partial charge is 0.496 e. The maximum Gasteiger partial charge on any atom is 0.223 e. The topological polar surface area (TPSA) is 55.6 Å². The van der Waals surface area contributed by atoms with Crippen LogP contribution in [0.1, 0.15) is 44.2 Å². The molecule has 0 radical (unpaired) electrons. The molecule has 0 saturated carbocycles. The zero-order chi connectivity index (χ0) is 14.5. The number of para-hydroxylation sites is 1. The second kappa shape index (κ2) is 6.75. The van der Waals surface area contributed by atoms with Gasteiger partial charge in [-0.25, -0.2) is 0 Å². The number of methoxy groups -OCH3 is 1. The molecule has 20 heavy (non-hydrogen) atoms. The van der Waals surface area contributed by atoms with Crippen molar-refractivity contribution < 1.29 is 9.53 Å². The normalized spacial score (nSPS) is 23.6. The standard InChI is InChI=1S/C16H24N2O2/c1-3-11-18-15(19)10-6-8-13(17)16(18)12-7-4-5-9-14(12)20-2/h4-5,7,9,13,16H,3,6,8,10-11,17H2,1-2H3. The van der Waals surface area contributed by atoms with Crippen molar-refractivity contribution in [2.24, 2.45) is 5.73 Å². The Morgan fingerprint density at radius 1 is 1.40 bits per heavy atom. The van der Waals surface area contributed by atoms with E-state index in [2.05, 4.69) is 6.92 Å². The Morgan fingerprint density at radius 3 is 2.85 bits per heavy atom. The first-order valence-corrected chi connectivity index (χ1v) is 7.37. The van der Waals surface area contributed by atoms with Crippen molar-refractivity contribution in [2.75, 3.05) is 13.7 Å². The summed E-state index contributed by atoms with van der Waals surface area (Å²) >= 11 is 0. The van der Waals surface area contributed by atoms with Gasteiger partial charge >= 0.3 is 0 Å². The predicted molar refractivity (Wildman–Crippen MR) is 79.6 cm³/mol. The summed E-state index contributed by atoms with van der Waals surface area (Å²) in [6.07, 6.45) is 3.27. The van der Waals surface area contributed by atoms with Crippen LogP contribution in [0.5, 0.6) is 5.75 Å². The SMILES string of the molecule is CCCN1C(=O)CCCC(N)C1c1ccccc1OC. The molecule has 0 spiro atoms. The molecule has 1 aliphatic heterocycles. The summed E-state index contributed by atoms with van der Waals surface area (Å²) < 4.78 is 5.46. The van der Waals surface area contributed by atoms with E-state index in [1.54, 1.807) is 7.11 Å². The molecule has 1 aliphatic rings. The van der Waals surface area contributed by atoms with Gasteiger partial charge in [0.1, 0.15) is 5.75 Å². The van der Waals surface area contributed by atoms with Crippen molar-refractivity contribution in [3.63, 3.8) is 0 Å². The van der Waals surface area contributed by atoms with Gasteiger partial charge in [-0.15, -0.1) is 0 Å². The van der Waals surface area contributed by atoms with E-state index in [9.17, 15) is 4.79 Å². The first-order chi connectivity index (χ1) is 9.69. The minimum Gasteiger partial charge on any atom is -0.496 e. The summed E-state index contributed by atoms with van der Waals surface area (Å²) in [5, 5.41) is 0. The highest BCUT2D eigenvalue weighted by atomic mass is 16.5. The smallest absolute Gasteiger partial charge is 0.223 e. The van der Waals surface area contributed by atoms with E-state index in [0.29, 0.717) is 6.42 Å². The lowest BCUT2D eigenvalue weighted by molar-refractivity contribution is -0.133. The zero-order valence-electron chi connectivity index (χ0n) is 12.3. The second-order valence-electron chi connectivity index (χ2n) is 5.33. The molecule has 0 aliphatic carbocycles. The average Bonchev–Trinajstić information content (AvgIpc) is 2.59. The van der Waals surface area contributed by atoms with E-state index in [0.717, 1.165) is 37.1 Å². The van der Waals surface area contributed by atoms with Crippen molar-refractivity contribution in [1.82, 2.24) is 4.90 Å². The van der Waals surface area contributed by atoms with Crippen molar-refractivity contribution in [2.45, 2.75) is 44.7 Å². The molecule has 2 unspecified atom stereocenters. The first kappa shape index (κ1) is 14.9. The van der Waals surface area contributed by atoms with Crippen LogP contribution in [0.3, 0.4) is 0 Å². The number of ether oxygens (including phenoxy) is 1. The van der Waals surface area contributed by atoms with Crippen LogP contribution in [0.2, 0.25) is 0 Å². The molecule has 4 heteroatoms. The fourth-order valence-corrected chi connectivity index (χ4v) is 2.99. The first-order valence-electron chi connectivity index (χ1n) is 7.37. The van der Waals surface area contributed by atoms with Crippen LogP contribution >= 0.6 is 0 Å². The third-order valence-corrected chi connectivity index (χ3v) is 3.91. The number of amides is 1. The molecule has 1 aromatic carbocycles. The van der Waals surface area contributed by atoms with Crippen LogP contribution in [0.25, 0.3) is 0 Å². The quantitative estimate of drug-likeness (QED) is 0.919. The molecular formula is C16H24N2O2. The van der Waals surface area contributed by atoms with Gasteiger partial charge in [-0.1, -0.05) is 25.1 Å². The number of hydrogen-bond acceptors (Lipinski definition) is 3. The van der Waals surface area contributed by atoms with Crippen LogP contribution in [-0.4, -0.2) is 30.5 Å². The number of benzene rings is 1. The van der Waals surface area contributed by atoms with Crippen molar-refractivity contribution >= 4 is 5.91 Å². The van der Waals surface area contributed by atoms with E-state index in [1.807, 2.05) is 29.2 Å². The molecule has 4 nitrogen and oxygen atoms in total. The second-order valence-corrected chi connectivity index (χ2v) is 5.33. The van der Waals surface area contributed by atoms with Gasteiger partial charge < -0.3 is 15.4 Å². The molecule has 0 aromatic heterocycles. The molecule has 1 heterocycles. The molecule has 2 atom stereocenters. The lowest BCUT2D eigenvalue weighted by Gasteiger charge is -2.34. The van der Waals surface area contributed by atoms with Gasteiger partial charge in [0.05, 0.1) is 13.2 Å². The van der Waals surface area contributed by atoms with Crippen molar-refractivity contribution in [3.05, 3.63) is 29.8 Å². The Bertz CT molecular complexity index is 462. The summed E-state index contributed by atoms with van der Waals surface area (Å²) in [6, 6.07) is 7.75. The number of nitrogens with two attached hydrogens (primary N) is 1. The Hall–Kier alpha value is -1.55. The number of carbonyl (C=O) groups excluding carboxylic acids is 1. The van der Waals surface area contributed by atoms with Gasteiger partial charge in [-0.2, -0.15) is 0 Å². The molecule has 1 aromatic rings. The number of hydrogen-bond donors (Lipinski definition) is 1. The Kier molecular flexibility index (Phi) is 5.01. The number of rotatable bonds is 4. The maximum absolute atomic E-state index is 12.4. The highest BCUT2D eigenvalue weighted by Gasteiger charge is 2.33. The van der Waals surface area contributed by atoms with Crippen LogP contribution < -0.4 is 10.5 Å². The lowest BCUT2D eigenvalue weighted by Crippen LogP contribution is -2.42. The number of likely N-dealkylation sites (tertiary alicyclic amines) is 1. The zero-order valence-corrected chi connectivity index (χ0v) is 12.3. The predicted octanol–water partition coefficient (Wildman–Crippen LogP) is 2.49. The van der Waals surface area contributed by atoms with Crippen LogP contribution in [0.4, 0.5) is 0 Å². The fraction of sp³-hybridized carbons (Fsp3) is 0.562. The minimum atomic E-state index is -0.0823. The molecule has 2 rings (SSSR count). The third kappa shape index (κ3) is 2.96. The van der Waals surface area contributed by atoms with E-state index >= 15 is 0 Å². The highest BCUT2D eigenvalue weighted by Crippen LogP contribution is 2.35. The molecule has 1 saturated heterocycles. The Balaban J connectivity index is 2.43.